The average molecular weight is 244 g/mol. The molecule has 0 aliphatic carbocycles. The molecule has 2 nitrogen and oxygen atoms in total. The first-order valence-electron chi connectivity index (χ1n) is 3.63. The van der Waals surface area contributed by atoms with Crippen LogP contribution in [0.5, 0.6) is 0 Å². The first-order valence-corrected chi connectivity index (χ1v) is 4.42. The van der Waals surface area contributed by atoms with Crippen molar-refractivity contribution in [1.82, 2.24) is 0 Å². The first kappa shape index (κ1) is 10.1. The molecule has 4 heteroatoms. The van der Waals surface area contributed by atoms with Crippen molar-refractivity contribution in [2.45, 2.75) is 13.5 Å². The molecule has 0 heterocycles. The SMILES string of the molecule is Cc1cc(F)c(CN=C=O)cc1Br. The Morgan fingerprint density at radius 2 is 2.31 bits per heavy atom. The highest BCUT2D eigenvalue weighted by atomic mass is 79.9. The molecule has 68 valence electrons. The fourth-order valence-corrected chi connectivity index (χ4v) is 1.32. The quantitative estimate of drug-likeness (QED) is 0.581. The lowest BCUT2D eigenvalue weighted by atomic mass is 10.1. The number of nitrogens with zero attached hydrogens (tertiary/aromatic N) is 1. The van der Waals surface area contributed by atoms with Crippen LogP contribution in [0.25, 0.3) is 0 Å². The van der Waals surface area contributed by atoms with Gasteiger partial charge in [-0.05, 0) is 24.6 Å². The minimum Gasteiger partial charge on any atom is -0.211 e. The molecule has 0 spiro atoms. The van der Waals surface area contributed by atoms with Crippen LogP contribution in [0.1, 0.15) is 11.1 Å². The molecule has 0 saturated heterocycles. The van der Waals surface area contributed by atoms with Crippen LogP contribution in [0.3, 0.4) is 0 Å². The van der Waals surface area contributed by atoms with E-state index < -0.39 is 0 Å². The van der Waals surface area contributed by atoms with Crippen LogP contribution >= 0.6 is 15.9 Å². The molecule has 0 aromatic heterocycles. The molecule has 0 atom stereocenters. The second kappa shape index (κ2) is 4.30. The van der Waals surface area contributed by atoms with Gasteiger partial charge in [0.15, 0.2) is 0 Å². The molecule has 0 bridgehead atoms. The summed E-state index contributed by atoms with van der Waals surface area (Å²) >= 11 is 3.27. The maximum absolute atomic E-state index is 13.1. The summed E-state index contributed by atoms with van der Waals surface area (Å²) in [7, 11) is 0. The van der Waals surface area contributed by atoms with Crippen molar-refractivity contribution >= 4 is 22.0 Å². The molecule has 0 aliphatic rings. The van der Waals surface area contributed by atoms with Gasteiger partial charge in [-0.25, -0.2) is 14.2 Å². The Hall–Kier alpha value is -0.990. The summed E-state index contributed by atoms with van der Waals surface area (Å²) in [6.07, 6.45) is 1.37. The maximum atomic E-state index is 13.1. The average Bonchev–Trinajstić information content (AvgIpc) is 2.09. The predicted molar refractivity (Wildman–Crippen MR) is 50.7 cm³/mol. The molecule has 0 radical (unpaired) electrons. The van der Waals surface area contributed by atoms with Gasteiger partial charge >= 0.3 is 0 Å². The van der Waals surface area contributed by atoms with Crippen LogP contribution in [0.4, 0.5) is 4.39 Å². The van der Waals surface area contributed by atoms with Gasteiger partial charge in [-0.15, -0.1) is 0 Å². The summed E-state index contributed by atoms with van der Waals surface area (Å²) in [6.45, 7) is 1.83. The number of aryl methyl sites for hydroxylation is 1. The zero-order valence-corrected chi connectivity index (χ0v) is 8.56. The molecule has 0 unspecified atom stereocenters. The number of carbonyl (C=O) groups excluding carboxylic acids is 1. The van der Waals surface area contributed by atoms with Crippen LogP contribution in [0.15, 0.2) is 21.6 Å². The number of aliphatic imine (C=N–C) groups is 1. The number of rotatable bonds is 2. The highest BCUT2D eigenvalue weighted by Gasteiger charge is 2.04. The summed E-state index contributed by atoms with van der Waals surface area (Å²) in [4.78, 5) is 13.1. The van der Waals surface area contributed by atoms with E-state index in [0.29, 0.717) is 5.56 Å². The molecule has 0 saturated carbocycles. The summed E-state index contributed by atoms with van der Waals surface area (Å²) in [5.74, 6) is -0.347. The second-order valence-corrected chi connectivity index (χ2v) is 3.45. The zero-order chi connectivity index (χ0) is 9.84. The Labute approximate surface area is 83.6 Å². The number of isocyanates is 1. The summed E-state index contributed by atoms with van der Waals surface area (Å²) in [5.41, 5.74) is 1.21. The Morgan fingerprint density at radius 3 is 2.92 bits per heavy atom. The normalized spacial score (nSPS) is 9.46. The minimum atomic E-state index is -0.347. The van der Waals surface area contributed by atoms with Crippen molar-refractivity contribution in [2.24, 2.45) is 4.99 Å². The summed E-state index contributed by atoms with van der Waals surface area (Å²) < 4.78 is 14.0. The number of hydrogen-bond acceptors (Lipinski definition) is 2. The molecular formula is C9H7BrFNO. The van der Waals surface area contributed by atoms with Crippen LogP contribution in [0, 0.1) is 12.7 Å². The van der Waals surface area contributed by atoms with E-state index in [9.17, 15) is 9.18 Å². The van der Waals surface area contributed by atoms with Gasteiger partial charge in [0, 0.05) is 10.0 Å². The lowest BCUT2D eigenvalue weighted by molar-refractivity contribution is 0.561. The minimum absolute atomic E-state index is 0.0359. The molecule has 0 aliphatic heterocycles. The lowest BCUT2D eigenvalue weighted by Crippen LogP contribution is -1.90. The number of halogens is 2. The van der Waals surface area contributed by atoms with E-state index in [2.05, 4.69) is 20.9 Å². The van der Waals surface area contributed by atoms with Crippen LogP contribution in [0.2, 0.25) is 0 Å². The lowest BCUT2D eigenvalue weighted by Gasteiger charge is -2.02. The van der Waals surface area contributed by atoms with Crippen LogP contribution in [-0.4, -0.2) is 6.08 Å². The second-order valence-electron chi connectivity index (χ2n) is 2.60. The largest absolute Gasteiger partial charge is 0.235 e. The topological polar surface area (TPSA) is 29.4 Å². The highest BCUT2D eigenvalue weighted by molar-refractivity contribution is 9.10. The fourth-order valence-electron chi connectivity index (χ4n) is 0.926. The van der Waals surface area contributed by atoms with Gasteiger partial charge in [0.05, 0.1) is 6.54 Å². The van der Waals surface area contributed by atoms with Gasteiger partial charge in [0.2, 0.25) is 6.08 Å². The third-order valence-electron chi connectivity index (χ3n) is 1.64. The predicted octanol–water partition coefficient (Wildman–Crippen LogP) is 2.73. The van der Waals surface area contributed by atoms with Crippen molar-refractivity contribution in [3.63, 3.8) is 0 Å². The zero-order valence-electron chi connectivity index (χ0n) is 6.97. The van der Waals surface area contributed by atoms with E-state index in [4.69, 9.17) is 0 Å². The molecule has 1 rings (SSSR count). The standard InChI is InChI=1S/C9H7BrFNO/c1-6-2-9(11)7(3-8(6)10)4-12-5-13/h2-3H,4H2,1H3. The third-order valence-corrected chi connectivity index (χ3v) is 2.50. The van der Waals surface area contributed by atoms with Gasteiger partial charge in [-0.3, -0.25) is 0 Å². The van der Waals surface area contributed by atoms with E-state index in [1.807, 2.05) is 0 Å². The molecule has 1 aromatic carbocycles. The Kier molecular flexibility index (Phi) is 3.34. The Balaban J connectivity index is 3.07. The first-order chi connectivity index (χ1) is 6.15. The van der Waals surface area contributed by atoms with Crippen LogP contribution < -0.4 is 0 Å². The number of hydrogen-bond donors (Lipinski definition) is 0. The van der Waals surface area contributed by atoms with Crippen molar-refractivity contribution < 1.29 is 9.18 Å². The molecule has 0 fully saturated rings. The highest BCUT2D eigenvalue weighted by Crippen LogP contribution is 2.20. The van der Waals surface area contributed by atoms with Crippen molar-refractivity contribution in [2.75, 3.05) is 0 Å². The van der Waals surface area contributed by atoms with Gasteiger partial charge < -0.3 is 0 Å². The monoisotopic (exact) mass is 243 g/mol. The van der Waals surface area contributed by atoms with Gasteiger partial charge in [0.25, 0.3) is 0 Å². The molecule has 0 N–H and O–H groups in total. The Morgan fingerprint density at radius 1 is 1.62 bits per heavy atom. The van der Waals surface area contributed by atoms with Crippen molar-refractivity contribution in [1.29, 1.82) is 0 Å². The maximum Gasteiger partial charge on any atom is 0.235 e. The van der Waals surface area contributed by atoms with Crippen LogP contribution in [-0.2, 0) is 11.3 Å². The summed E-state index contributed by atoms with van der Waals surface area (Å²) in [5, 5.41) is 0. The summed E-state index contributed by atoms with van der Waals surface area (Å²) in [6, 6.07) is 3.02. The Bertz CT molecular complexity index is 372. The van der Waals surface area contributed by atoms with Gasteiger partial charge in [-0.2, -0.15) is 0 Å². The molecule has 13 heavy (non-hydrogen) atoms. The molecular weight excluding hydrogens is 237 g/mol. The van der Waals surface area contributed by atoms with Gasteiger partial charge in [-0.1, -0.05) is 15.9 Å². The van der Waals surface area contributed by atoms with E-state index >= 15 is 0 Å². The number of benzene rings is 1. The van der Waals surface area contributed by atoms with E-state index in [1.54, 1.807) is 13.0 Å². The van der Waals surface area contributed by atoms with Crippen molar-refractivity contribution in [3.05, 3.63) is 33.5 Å². The van der Waals surface area contributed by atoms with E-state index in [0.717, 1.165) is 10.0 Å². The third kappa shape index (κ3) is 2.47. The van der Waals surface area contributed by atoms with Crippen molar-refractivity contribution in [3.8, 4) is 0 Å². The van der Waals surface area contributed by atoms with E-state index in [-0.39, 0.29) is 12.4 Å². The smallest absolute Gasteiger partial charge is 0.211 e. The van der Waals surface area contributed by atoms with E-state index in [1.165, 1.54) is 12.1 Å². The molecule has 1 aromatic rings. The fraction of sp³-hybridized carbons (Fsp3) is 0.222. The van der Waals surface area contributed by atoms with Gasteiger partial charge in [0.1, 0.15) is 5.82 Å². The molecule has 0 amide bonds.